The zero-order valence-corrected chi connectivity index (χ0v) is 17.1. The van der Waals surface area contributed by atoms with Gasteiger partial charge in [-0.3, -0.25) is 14.6 Å². The van der Waals surface area contributed by atoms with Gasteiger partial charge in [-0.15, -0.1) is 0 Å². The molecule has 2 heterocycles. The van der Waals surface area contributed by atoms with E-state index >= 15 is 0 Å². The van der Waals surface area contributed by atoms with Crippen molar-refractivity contribution in [2.24, 2.45) is 0 Å². The molecule has 0 aliphatic carbocycles. The fourth-order valence-electron chi connectivity index (χ4n) is 3.41. The third-order valence-electron chi connectivity index (χ3n) is 5.01. The summed E-state index contributed by atoms with van der Waals surface area (Å²) in [6.07, 6.45) is 0. The molecule has 0 radical (unpaired) electrons. The van der Waals surface area contributed by atoms with Crippen LogP contribution in [0, 0.1) is 6.92 Å². The highest BCUT2D eigenvalue weighted by Gasteiger charge is 2.44. The van der Waals surface area contributed by atoms with Gasteiger partial charge in [-0.1, -0.05) is 0 Å². The van der Waals surface area contributed by atoms with Gasteiger partial charge in [0, 0.05) is 10.9 Å². The van der Waals surface area contributed by atoms with Gasteiger partial charge in [-0.25, -0.2) is 0 Å². The van der Waals surface area contributed by atoms with Crippen LogP contribution >= 0.6 is 0 Å². The molecule has 0 fully saturated rings. The van der Waals surface area contributed by atoms with Crippen molar-refractivity contribution in [1.82, 2.24) is 15.2 Å². The first-order chi connectivity index (χ1) is 12.5. The summed E-state index contributed by atoms with van der Waals surface area (Å²) in [5.74, 6) is 0.383. The van der Waals surface area contributed by atoms with E-state index < -0.39 is 5.54 Å². The van der Waals surface area contributed by atoms with Crippen LogP contribution in [-0.2, 0) is 11.3 Å². The van der Waals surface area contributed by atoms with Crippen molar-refractivity contribution >= 4 is 22.7 Å². The summed E-state index contributed by atoms with van der Waals surface area (Å²) in [7, 11) is 1.61. The number of nitrogens with one attached hydrogen (secondary N) is 1. The molecule has 1 aromatic heterocycles. The second-order valence-electron chi connectivity index (χ2n) is 8.60. The average Bonchev–Trinajstić information content (AvgIpc) is 2.90. The number of pyridine rings is 1. The number of nitrogens with zero attached hydrogens (tertiary/aromatic N) is 2. The molecule has 2 aromatic rings. The molecule has 2 amide bonds. The standard InChI is InChI=1S/C21H27N3O3/c1-12-14-10-13(27-7)8-9-15(14)22-16-11-24(18(25)17(12)16)21(5,6)19(26)23-20(2,3)4/h8-10H,11H2,1-7H3,(H,23,26). The SMILES string of the molecule is COc1ccc2nc3c(c(C)c2c1)C(=O)N(C(C)(C)C(=O)NC(C)(C)C)C3. The largest absolute Gasteiger partial charge is 0.497 e. The molecule has 6 heteroatoms. The van der Waals surface area contributed by atoms with Crippen LogP contribution in [0.5, 0.6) is 5.75 Å². The van der Waals surface area contributed by atoms with Gasteiger partial charge in [0.05, 0.1) is 30.4 Å². The van der Waals surface area contributed by atoms with Crippen molar-refractivity contribution in [3.63, 3.8) is 0 Å². The smallest absolute Gasteiger partial charge is 0.257 e. The first-order valence-electron chi connectivity index (χ1n) is 9.07. The number of rotatable bonds is 3. The lowest BCUT2D eigenvalue weighted by molar-refractivity contribution is -0.132. The van der Waals surface area contributed by atoms with Crippen molar-refractivity contribution in [2.45, 2.75) is 59.2 Å². The van der Waals surface area contributed by atoms with E-state index in [-0.39, 0.29) is 17.4 Å². The quantitative estimate of drug-likeness (QED) is 0.902. The minimum absolute atomic E-state index is 0.159. The third-order valence-corrected chi connectivity index (χ3v) is 5.01. The van der Waals surface area contributed by atoms with E-state index in [0.717, 1.165) is 22.2 Å². The summed E-state index contributed by atoms with van der Waals surface area (Å²) < 4.78 is 5.30. The van der Waals surface area contributed by atoms with Gasteiger partial charge < -0.3 is 15.0 Å². The summed E-state index contributed by atoms with van der Waals surface area (Å²) in [6, 6.07) is 5.65. The van der Waals surface area contributed by atoms with Crippen LogP contribution in [0.15, 0.2) is 18.2 Å². The molecule has 1 aliphatic heterocycles. The van der Waals surface area contributed by atoms with Gasteiger partial charge in [0.2, 0.25) is 5.91 Å². The Labute approximate surface area is 159 Å². The zero-order chi connectivity index (χ0) is 20.1. The normalized spacial score (nSPS) is 14.5. The number of carbonyl (C=O) groups is 2. The molecule has 1 N–H and O–H groups in total. The fraction of sp³-hybridized carbons (Fsp3) is 0.476. The lowest BCUT2D eigenvalue weighted by Crippen LogP contribution is -2.58. The minimum atomic E-state index is -0.985. The fourth-order valence-corrected chi connectivity index (χ4v) is 3.41. The van der Waals surface area contributed by atoms with Crippen LogP contribution in [0.1, 0.15) is 56.2 Å². The average molecular weight is 369 g/mol. The highest BCUT2D eigenvalue weighted by molar-refractivity contribution is 6.06. The van der Waals surface area contributed by atoms with E-state index in [1.54, 1.807) is 25.9 Å². The van der Waals surface area contributed by atoms with Gasteiger partial charge in [-0.2, -0.15) is 0 Å². The maximum atomic E-state index is 13.2. The van der Waals surface area contributed by atoms with Crippen molar-refractivity contribution < 1.29 is 14.3 Å². The Morgan fingerprint density at radius 1 is 1.22 bits per heavy atom. The highest BCUT2D eigenvalue weighted by Crippen LogP contribution is 2.35. The van der Waals surface area contributed by atoms with E-state index in [1.807, 2.05) is 45.9 Å². The van der Waals surface area contributed by atoms with Crippen molar-refractivity contribution in [3.8, 4) is 5.75 Å². The monoisotopic (exact) mass is 369 g/mol. The van der Waals surface area contributed by atoms with Crippen molar-refractivity contribution in [1.29, 1.82) is 0 Å². The van der Waals surface area contributed by atoms with Crippen LogP contribution < -0.4 is 10.1 Å². The topological polar surface area (TPSA) is 71.5 Å². The second-order valence-corrected chi connectivity index (χ2v) is 8.60. The Morgan fingerprint density at radius 3 is 2.48 bits per heavy atom. The molecule has 0 atom stereocenters. The number of methoxy groups -OCH3 is 1. The Balaban J connectivity index is 2.03. The van der Waals surface area contributed by atoms with Crippen LogP contribution in [0.2, 0.25) is 0 Å². The van der Waals surface area contributed by atoms with Crippen LogP contribution in [0.25, 0.3) is 10.9 Å². The predicted molar refractivity (Wildman–Crippen MR) is 105 cm³/mol. The molecule has 0 saturated carbocycles. The van der Waals surface area contributed by atoms with Crippen molar-refractivity contribution in [3.05, 3.63) is 35.0 Å². The minimum Gasteiger partial charge on any atom is -0.497 e. The maximum Gasteiger partial charge on any atom is 0.257 e. The van der Waals surface area contributed by atoms with E-state index in [0.29, 0.717) is 17.8 Å². The molecule has 1 aromatic carbocycles. The van der Waals surface area contributed by atoms with E-state index in [1.165, 1.54) is 0 Å². The van der Waals surface area contributed by atoms with Gasteiger partial charge in [0.15, 0.2) is 0 Å². The van der Waals surface area contributed by atoms with Crippen LogP contribution in [-0.4, -0.2) is 39.9 Å². The molecule has 27 heavy (non-hydrogen) atoms. The molecule has 0 unspecified atom stereocenters. The summed E-state index contributed by atoms with van der Waals surface area (Å²) in [6.45, 7) is 11.6. The number of fused-ring (bicyclic) bond motifs is 2. The number of carbonyl (C=O) groups excluding carboxylic acids is 2. The number of aryl methyl sites for hydroxylation is 1. The van der Waals surface area contributed by atoms with E-state index in [9.17, 15) is 9.59 Å². The Hall–Kier alpha value is -2.63. The van der Waals surface area contributed by atoms with Crippen LogP contribution in [0.4, 0.5) is 0 Å². The Bertz CT molecular complexity index is 942. The molecule has 1 aliphatic rings. The summed E-state index contributed by atoms with van der Waals surface area (Å²) in [5.41, 5.74) is 1.64. The first kappa shape index (κ1) is 19.1. The molecule has 6 nitrogen and oxygen atoms in total. The van der Waals surface area contributed by atoms with Gasteiger partial charge in [-0.05, 0) is 65.3 Å². The van der Waals surface area contributed by atoms with Gasteiger partial charge in [0.1, 0.15) is 11.3 Å². The highest BCUT2D eigenvalue weighted by atomic mass is 16.5. The Morgan fingerprint density at radius 2 is 1.89 bits per heavy atom. The molecule has 0 saturated heterocycles. The maximum absolute atomic E-state index is 13.2. The molecule has 144 valence electrons. The van der Waals surface area contributed by atoms with Crippen molar-refractivity contribution in [2.75, 3.05) is 7.11 Å². The number of aromatic nitrogens is 1. The van der Waals surface area contributed by atoms with E-state index in [2.05, 4.69) is 5.32 Å². The first-order valence-corrected chi connectivity index (χ1v) is 9.07. The zero-order valence-electron chi connectivity index (χ0n) is 17.1. The summed E-state index contributed by atoms with van der Waals surface area (Å²) in [4.78, 5) is 32.3. The molecule has 0 spiro atoms. The van der Waals surface area contributed by atoms with Crippen LogP contribution in [0.3, 0.4) is 0 Å². The number of benzene rings is 1. The third kappa shape index (κ3) is 3.24. The summed E-state index contributed by atoms with van der Waals surface area (Å²) in [5, 5.41) is 3.87. The van der Waals surface area contributed by atoms with Gasteiger partial charge >= 0.3 is 0 Å². The second kappa shape index (κ2) is 6.22. The molecular formula is C21H27N3O3. The number of ether oxygens (including phenoxy) is 1. The predicted octanol–water partition coefficient (Wildman–Crippen LogP) is 3.20. The molecule has 0 bridgehead atoms. The van der Waals surface area contributed by atoms with Gasteiger partial charge in [0.25, 0.3) is 5.91 Å². The number of hydrogen-bond acceptors (Lipinski definition) is 4. The summed E-state index contributed by atoms with van der Waals surface area (Å²) >= 11 is 0. The Kier molecular flexibility index (Phi) is 4.41. The lowest BCUT2D eigenvalue weighted by Gasteiger charge is -2.36. The lowest BCUT2D eigenvalue weighted by atomic mass is 9.98. The van der Waals surface area contributed by atoms with E-state index in [4.69, 9.17) is 9.72 Å². The molecule has 3 rings (SSSR count). The molecular weight excluding hydrogens is 342 g/mol. The number of amides is 2. The number of hydrogen-bond donors (Lipinski definition) is 1.